The van der Waals surface area contributed by atoms with E-state index in [1.165, 1.54) is 19.3 Å². The van der Waals surface area contributed by atoms with Crippen LogP contribution in [0.1, 0.15) is 43.7 Å². The van der Waals surface area contributed by atoms with Crippen molar-refractivity contribution >= 4 is 12.4 Å². The third-order valence-electron chi connectivity index (χ3n) is 3.78. The molecule has 2 rings (SSSR count). The van der Waals surface area contributed by atoms with E-state index in [0.717, 1.165) is 18.4 Å². The van der Waals surface area contributed by atoms with Crippen molar-refractivity contribution in [1.29, 1.82) is 0 Å². The Morgan fingerprint density at radius 1 is 1.06 bits per heavy atom. The summed E-state index contributed by atoms with van der Waals surface area (Å²) in [6.45, 7) is 0. The van der Waals surface area contributed by atoms with Gasteiger partial charge in [0, 0.05) is 0 Å². The summed E-state index contributed by atoms with van der Waals surface area (Å²) in [6, 6.07) is 6.45. The maximum Gasteiger partial charge on any atom is 0.115 e. The Hall–Kier alpha value is -0.770. The molecule has 18 heavy (non-hydrogen) atoms. The summed E-state index contributed by atoms with van der Waals surface area (Å²) in [5, 5.41) is 19.5. The van der Waals surface area contributed by atoms with E-state index >= 15 is 0 Å². The number of aliphatic hydroxyl groups excluding tert-OH is 1. The van der Waals surface area contributed by atoms with Gasteiger partial charge in [0.25, 0.3) is 0 Å². The van der Waals surface area contributed by atoms with E-state index < -0.39 is 6.10 Å². The second-order valence-electron chi connectivity index (χ2n) is 5.01. The number of halogens is 1. The molecule has 4 heteroatoms. The molecule has 2 atom stereocenters. The van der Waals surface area contributed by atoms with Crippen molar-refractivity contribution in [3.63, 3.8) is 0 Å². The van der Waals surface area contributed by atoms with Gasteiger partial charge in [0.05, 0.1) is 12.1 Å². The maximum absolute atomic E-state index is 10.3. The van der Waals surface area contributed by atoms with Crippen LogP contribution in [0.2, 0.25) is 0 Å². The van der Waals surface area contributed by atoms with E-state index in [2.05, 4.69) is 0 Å². The summed E-state index contributed by atoms with van der Waals surface area (Å²) < 4.78 is 0. The molecule has 0 amide bonds. The number of phenolic OH excluding ortho intramolecular Hbond substituents is 1. The second kappa shape index (κ2) is 6.98. The fraction of sp³-hybridized carbons (Fsp3) is 0.571. The predicted molar refractivity (Wildman–Crippen MR) is 74.9 cm³/mol. The highest BCUT2D eigenvalue weighted by atomic mass is 35.5. The first-order valence-electron chi connectivity index (χ1n) is 6.41. The molecule has 1 aromatic carbocycles. The summed E-state index contributed by atoms with van der Waals surface area (Å²) in [5.74, 6) is 0.556. The van der Waals surface area contributed by atoms with Gasteiger partial charge in [0.2, 0.25) is 0 Å². The fourth-order valence-corrected chi connectivity index (χ4v) is 2.66. The molecule has 1 aliphatic carbocycles. The highest BCUT2D eigenvalue weighted by molar-refractivity contribution is 5.85. The van der Waals surface area contributed by atoms with Crippen molar-refractivity contribution in [2.24, 2.45) is 11.7 Å². The number of phenols is 1. The molecule has 0 radical (unpaired) electrons. The predicted octanol–water partition coefficient (Wildman–Crippen LogP) is 2.76. The van der Waals surface area contributed by atoms with E-state index in [1.54, 1.807) is 24.3 Å². The van der Waals surface area contributed by atoms with Crippen LogP contribution in [0.5, 0.6) is 5.75 Å². The summed E-state index contributed by atoms with van der Waals surface area (Å²) in [5.41, 5.74) is 6.98. The number of aromatic hydroxyl groups is 1. The smallest absolute Gasteiger partial charge is 0.115 e. The Kier molecular flexibility index (Phi) is 5.93. The van der Waals surface area contributed by atoms with Crippen molar-refractivity contribution < 1.29 is 10.2 Å². The zero-order chi connectivity index (χ0) is 12.3. The number of aliphatic hydroxyl groups is 1. The van der Waals surface area contributed by atoms with Crippen molar-refractivity contribution in [2.75, 3.05) is 0 Å². The number of hydrogen-bond donors (Lipinski definition) is 3. The van der Waals surface area contributed by atoms with Gasteiger partial charge >= 0.3 is 0 Å². The molecule has 0 unspecified atom stereocenters. The molecule has 0 bridgehead atoms. The SMILES string of the molecule is Cl.N[C@@H](c1ccc(O)cc1)[C@H](O)C1CCCCC1. The van der Waals surface area contributed by atoms with Gasteiger partial charge in [-0.05, 0) is 36.5 Å². The van der Waals surface area contributed by atoms with E-state index in [0.29, 0.717) is 5.92 Å². The molecule has 1 aliphatic rings. The first-order valence-corrected chi connectivity index (χ1v) is 6.41. The molecule has 3 nitrogen and oxygen atoms in total. The summed E-state index contributed by atoms with van der Waals surface area (Å²) in [6.07, 6.45) is 5.35. The average Bonchev–Trinajstić information content (AvgIpc) is 2.39. The molecule has 1 fully saturated rings. The Bertz CT molecular complexity index is 349. The third kappa shape index (κ3) is 3.61. The van der Waals surface area contributed by atoms with Gasteiger partial charge in [0.1, 0.15) is 5.75 Å². The van der Waals surface area contributed by atoms with E-state index in [-0.39, 0.29) is 24.2 Å². The Morgan fingerprint density at radius 2 is 1.61 bits per heavy atom. The molecule has 1 saturated carbocycles. The third-order valence-corrected chi connectivity index (χ3v) is 3.78. The molecule has 0 aromatic heterocycles. The van der Waals surface area contributed by atoms with Crippen LogP contribution in [0.4, 0.5) is 0 Å². The molecule has 0 spiro atoms. The maximum atomic E-state index is 10.3. The lowest BCUT2D eigenvalue weighted by atomic mass is 9.81. The lowest BCUT2D eigenvalue weighted by Gasteiger charge is -2.30. The van der Waals surface area contributed by atoms with Gasteiger partial charge in [-0.3, -0.25) is 0 Å². The molecule has 102 valence electrons. The summed E-state index contributed by atoms with van der Waals surface area (Å²) >= 11 is 0. The molecule has 1 aromatic rings. The lowest BCUT2D eigenvalue weighted by Crippen LogP contribution is -2.34. The van der Waals surface area contributed by atoms with Crippen molar-refractivity contribution in [2.45, 2.75) is 44.2 Å². The molecule has 0 heterocycles. The van der Waals surface area contributed by atoms with E-state index in [9.17, 15) is 10.2 Å². The lowest BCUT2D eigenvalue weighted by molar-refractivity contribution is 0.0618. The minimum Gasteiger partial charge on any atom is -0.508 e. The van der Waals surface area contributed by atoms with Gasteiger partial charge < -0.3 is 15.9 Å². The van der Waals surface area contributed by atoms with E-state index in [1.807, 2.05) is 0 Å². The van der Waals surface area contributed by atoms with Gasteiger partial charge in [-0.15, -0.1) is 12.4 Å². The van der Waals surface area contributed by atoms with Crippen LogP contribution >= 0.6 is 12.4 Å². The normalized spacial score (nSPS) is 19.9. The van der Waals surface area contributed by atoms with Crippen molar-refractivity contribution in [3.05, 3.63) is 29.8 Å². The Labute approximate surface area is 114 Å². The van der Waals surface area contributed by atoms with Crippen LogP contribution < -0.4 is 5.73 Å². The Morgan fingerprint density at radius 3 is 2.17 bits per heavy atom. The zero-order valence-electron chi connectivity index (χ0n) is 10.5. The molecular weight excluding hydrogens is 250 g/mol. The topological polar surface area (TPSA) is 66.5 Å². The number of hydrogen-bond acceptors (Lipinski definition) is 3. The fourth-order valence-electron chi connectivity index (χ4n) is 2.66. The monoisotopic (exact) mass is 271 g/mol. The van der Waals surface area contributed by atoms with Crippen LogP contribution in [-0.4, -0.2) is 16.3 Å². The highest BCUT2D eigenvalue weighted by Gasteiger charge is 2.27. The second-order valence-corrected chi connectivity index (χ2v) is 5.01. The first kappa shape index (κ1) is 15.3. The first-order chi connectivity index (χ1) is 8.18. The van der Waals surface area contributed by atoms with Crippen molar-refractivity contribution in [3.8, 4) is 5.75 Å². The van der Waals surface area contributed by atoms with Crippen LogP contribution in [0, 0.1) is 5.92 Å². The number of rotatable bonds is 3. The summed E-state index contributed by atoms with van der Waals surface area (Å²) in [4.78, 5) is 0. The minimum atomic E-state index is -0.472. The minimum absolute atomic E-state index is 0. The van der Waals surface area contributed by atoms with Crippen LogP contribution in [-0.2, 0) is 0 Å². The van der Waals surface area contributed by atoms with Gasteiger partial charge in [0.15, 0.2) is 0 Å². The zero-order valence-corrected chi connectivity index (χ0v) is 11.3. The number of benzene rings is 1. The molecule has 0 saturated heterocycles. The largest absolute Gasteiger partial charge is 0.508 e. The van der Waals surface area contributed by atoms with Crippen LogP contribution in [0.3, 0.4) is 0 Å². The van der Waals surface area contributed by atoms with Crippen LogP contribution in [0.25, 0.3) is 0 Å². The van der Waals surface area contributed by atoms with E-state index in [4.69, 9.17) is 5.73 Å². The quantitative estimate of drug-likeness (QED) is 0.792. The van der Waals surface area contributed by atoms with Crippen molar-refractivity contribution in [1.82, 2.24) is 0 Å². The standard InChI is InChI=1S/C14H21NO2.ClH/c15-13(10-6-8-12(16)9-7-10)14(17)11-4-2-1-3-5-11;/h6-9,11,13-14,16-17H,1-5,15H2;1H/t13-,14+;/m0./s1. The average molecular weight is 272 g/mol. The summed E-state index contributed by atoms with van der Waals surface area (Å²) in [7, 11) is 0. The van der Waals surface area contributed by atoms with Gasteiger partial charge in [-0.1, -0.05) is 31.4 Å². The molecule has 4 N–H and O–H groups in total. The molecular formula is C14H22ClNO2. The van der Waals surface area contributed by atoms with Gasteiger partial charge in [-0.25, -0.2) is 0 Å². The number of nitrogens with two attached hydrogens (primary N) is 1. The van der Waals surface area contributed by atoms with Gasteiger partial charge in [-0.2, -0.15) is 0 Å². The molecule has 0 aliphatic heterocycles. The van der Waals surface area contributed by atoms with Crippen LogP contribution in [0.15, 0.2) is 24.3 Å². The Balaban J connectivity index is 0.00000162. The highest BCUT2D eigenvalue weighted by Crippen LogP contribution is 2.31.